The molecular formula is C16H29N5. The van der Waals surface area contributed by atoms with E-state index in [-0.39, 0.29) is 0 Å². The van der Waals surface area contributed by atoms with Crippen molar-refractivity contribution in [3.05, 3.63) is 11.9 Å². The molecule has 1 aliphatic heterocycles. The Balaban J connectivity index is 1.65. The Labute approximate surface area is 128 Å². The van der Waals surface area contributed by atoms with Gasteiger partial charge in [0, 0.05) is 38.4 Å². The lowest BCUT2D eigenvalue weighted by Gasteiger charge is -2.34. The van der Waals surface area contributed by atoms with E-state index in [1.54, 1.807) is 4.68 Å². The minimum Gasteiger partial charge on any atom is -0.312 e. The van der Waals surface area contributed by atoms with E-state index < -0.39 is 0 Å². The fourth-order valence-electron chi connectivity index (χ4n) is 3.91. The average Bonchev–Trinajstić information content (AvgIpc) is 2.81. The SMILES string of the molecule is CC1CCNC(C2CCCCC2)CN1Cc1cn(C)nn1. The minimum absolute atomic E-state index is 0.619. The molecule has 2 fully saturated rings. The summed E-state index contributed by atoms with van der Waals surface area (Å²) in [5.74, 6) is 0.869. The summed E-state index contributed by atoms with van der Waals surface area (Å²) in [6, 6.07) is 1.28. The summed E-state index contributed by atoms with van der Waals surface area (Å²) in [6.45, 7) is 5.59. The van der Waals surface area contributed by atoms with Crippen LogP contribution in [0.25, 0.3) is 0 Å². The van der Waals surface area contributed by atoms with Gasteiger partial charge in [-0.3, -0.25) is 9.58 Å². The van der Waals surface area contributed by atoms with Gasteiger partial charge in [-0.05, 0) is 38.6 Å². The summed E-state index contributed by atoms with van der Waals surface area (Å²) < 4.78 is 1.80. The first-order chi connectivity index (χ1) is 10.2. The number of hydrogen-bond acceptors (Lipinski definition) is 4. The Morgan fingerprint density at radius 2 is 2.05 bits per heavy atom. The number of nitrogens with zero attached hydrogens (tertiary/aromatic N) is 4. The van der Waals surface area contributed by atoms with Gasteiger partial charge in [0.1, 0.15) is 0 Å². The van der Waals surface area contributed by atoms with Crippen molar-refractivity contribution >= 4 is 0 Å². The molecule has 2 unspecified atom stereocenters. The number of aryl methyl sites for hydroxylation is 1. The zero-order valence-electron chi connectivity index (χ0n) is 13.5. The summed E-state index contributed by atoms with van der Waals surface area (Å²) in [6.07, 6.45) is 10.4. The molecule has 2 aliphatic rings. The highest BCUT2D eigenvalue weighted by molar-refractivity contribution is 4.95. The van der Waals surface area contributed by atoms with Crippen molar-refractivity contribution in [2.45, 2.75) is 64.1 Å². The zero-order chi connectivity index (χ0) is 14.7. The van der Waals surface area contributed by atoms with Gasteiger partial charge in [-0.25, -0.2) is 0 Å². The molecule has 0 amide bonds. The molecule has 2 heterocycles. The van der Waals surface area contributed by atoms with Gasteiger partial charge in [0.25, 0.3) is 0 Å². The zero-order valence-corrected chi connectivity index (χ0v) is 13.5. The maximum Gasteiger partial charge on any atom is 0.0967 e. The third-order valence-electron chi connectivity index (χ3n) is 5.26. The summed E-state index contributed by atoms with van der Waals surface area (Å²) in [4.78, 5) is 2.60. The highest BCUT2D eigenvalue weighted by atomic mass is 15.4. The van der Waals surface area contributed by atoms with Crippen LogP contribution in [-0.4, -0.2) is 45.1 Å². The lowest BCUT2D eigenvalue weighted by molar-refractivity contribution is 0.163. The van der Waals surface area contributed by atoms with E-state index in [1.807, 2.05) is 13.2 Å². The Hall–Kier alpha value is -0.940. The van der Waals surface area contributed by atoms with Gasteiger partial charge in [0.05, 0.1) is 5.69 Å². The van der Waals surface area contributed by atoms with Crippen LogP contribution < -0.4 is 5.32 Å². The van der Waals surface area contributed by atoms with Gasteiger partial charge < -0.3 is 5.32 Å². The molecule has 21 heavy (non-hydrogen) atoms. The molecule has 5 heteroatoms. The molecule has 118 valence electrons. The van der Waals surface area contributed by atoms with Crippen LogP contribution >= 0.6 is 0 Å². The van der Waals surface area contributed by atoms with E-state index in [2.05, 4.69) is 27.5 Å². The van der Waals surface area contributed by atoms with Gasteiger partial charge in [-0.15, -0.1) is 5.10 Å². The standard InChI is InChI=1S/C16H29N5/c1-13-8-9-17-16(14-6-4-3-5-7-14)12-21(13)11-15-10-20(2)19-18-15/h10,13-14,16-17H,3-9,11-12H2,1-2H3. The first kappa shape index (κ1) is 15.0. The molecule has 1 N–H and O–H groups in total. The Bertz CT molecular complexity index is 438. The van der Waals surface area contributed by atoms with Gasteiger partial charge in [-0.2, -0.15) is 0 Å². The third-order valence-corrected chi connectivity index (χ3v) is 5.26. The second kappa shape index (κ2) is 6.88. The fourth-order valence-corrected chi connectivity index (χ4v) is 3.91. The first-order valence-corrected chi connectivity index (χ1v) is 8.55. The van der Waals surface area contributed by atoms with Gasteiger partial charge >= 0.3 is 0 Å². The van der Waals surface area contributed by atoms with Crippen molar-refractivity contribution in [1.82, 2.24) is 25.2 Å². The van der Waals surface area contributed by atoms with E-state index >= 15 is 0 Å². The predicted octanol–water partition coefficient (Wildman–Crippen LogP) is 1.95. The van der Waals surface area contributed by atoms with Crippen molar-refractivity contribution in [2.75, 3.05) is 13.1 Å². The Morgan fingerprint density at radius 3 is 2.76 bits per heavy atom. The fraction of sp³-hybridized carbons (Fsp3) is 0.875. The normalized spacial score (nSPS) is 29.4. The molecule has 0 radical (unpaired) electrons. The maximum absolute atomic E-state index is 4.26. The average molecular weight is 291 g/mol. The van der Waals surface area contributed by atoms with Crippen molar-refractivity contribution in [3.8, 4) is 0 Å². The second-order valence-corrected chi connectivity index (χ2v) is 6.91. The summed E-state index contributed by atoms with van der Waals surface area (Å²) in [7, 11) is 1.94. The molecule has 0 aromatic carbocycles. The smallest absolute Gasteiger partial charge is 0.0967 e. The van der Waals surface area contributed by atoms with Gasteiger partial charge in [-0.1, -0.05) is 24.5 Å². The lowest BCUT2D eigenvalue weighted by Crippen LogP contribution is -2.44. The van der Waals surface area contributed by atoms with Crippen molar-refractivity contribution in [2.24, 2.45) is 13.0 Å². The molecule has 1 saturated carbocycles. The minimum atomic E-state index is 0.619. The van der Waals surface area contributed by atoms with E-state index in [9.17, 15) is 0 Å². The Kier molecular flexibility index (Phi) is 4.91. The van der Waals surface area contributed by atoms with Crippen LogP contribution in [0.5, 0.6) is 0 Å². The van der Waals surface area contributed by atoms with Crippen LogP contribution in [0.2, 0.25) is 0 Å². The topological polar surface area (TPSA) is 46.0 Å². The Morgan fingerprint density at radius 1 is 1.24 bits per heavy atom. The number of aromatic nitrogens is 3. The molecule has 1 aliphatic carbocycles. The summed E-state index contributed by atoms with van der Waals surface area (Å²) in [5.41, 5.74) is 1.09. The molecule has 2 atom stereocenters. The van der Waals surface area contributed by atoms with Crippen LogP contribution in [0, 0.1) is 5.92 Å². The summed E-state index contributed by atoms with van der Waals surface area (Å²) >= 11 is 0. The van der Waals surface area contributed by atoms with Crippen LogP contribution in [-0.2, 0) is 13.6 Å². The van der Waals surface area contributed by atoms with Gasteiger partial charge in [0.2, 0.25) is 0 Å². The second-order valence-electron chi connectivity index (χ2n) is 6.91. The monoisotopic (exact) mass is 291 g/mol. The third kappa shape index (κ3) is 3.83. The van der Waals surface area contributed by atoms with Crippen molar-refractivity contribution < 1.29 is 0 Å². The highest BCUT2D eigenvalue weighted by Gasteiger charge is 2.29. The molecule has 1 aromatic heterocycles. The molecular weight excluding hydrogens is 262 g/mol. The number of hydrogen-bond donors (Lipinski definition) is 1. The van der Waals surface area contributed by atoms with Gasteiger partial charge in [0.15, 0.2) is 0 Å². The molecule has 1 aromatic rings. The largest absolute Gasteiger partial charge is 0.312 e. The van der Waals surface area contributed by atoms with Crippen LogP contribution in [0.1, 0.15) is 51.1 Å². The van der Waals surface area contributed by atoms with E-state index in [4.69, 9.17) is 0 Å². The number of nitrogens with one attached hydrogen (secondary N) is 1. The van der Waals surface area contributed by atoms with Crippen LogP contribution in [0.15, 0.2) is 6.20 Å². The quantitative estimate of drug-likeness (QED) is 0.924. The van der Waals surface area contributed by atoms with Crippen molar-refractivity contribution in [3.63, 3.8) is 0 Å². The predicted molar refractivity (Wildman–Crippen MR) is 83.9 cm³/mol. The molecule has 5 nitrogen and oxygen atoms in total. The highest BCUT2D eigenvalue weighted by Crippen LogP contribution is 2.28. The lowest BCUT2D eigenvalue weighted by atomic mass is 9.83. The summed E-state index contributed by atoms with van der Waals surface area (Å²) in [5, 5.41) is 12.1. The van der Waals surface area contributed by atoms with Crippen LogP contribution in [0.4, 0.5) is 0 Å². The maximum atomic E-state index is 4.26. The number of rotatable bonds is 3. The van der Waals surface area contributed by atoms with Crippen LogP contribution in [0.3, 0.4) is 0 Å². The van der Waals surface area contributed by atoms with E-state index in [1.165, 1.54) is 38.5 Å². The van der Waals surface area contributed by atoms with E-state index in [0.29, 0.717) is 12.1 Å². The van der Waals surface area contributed by atoms with Crippen molar-refractivity contribution in [1.29, 1.82) is 0 Å². The molecule has 1 saturated heterocycles. The van der Waals surface area contributed by atoms with E-state index in [0.717, 1.165) is 31.2 Å². The molecule has 0 spiro atoms. The molecule has 0 bridgehead atoms. The molecule has 3 rings (SSSR count). The first-order valence-electron chi connectivity index (χ1n) is 8.55.